The van der Waals surface area contributed by atoms with Crippen molar-refractivity contribution in [2.24, 2.45) is 0 Å². The molecule has 0 aliphatic carbocycles. The minimum atomic E-state index is -4.67. The number of hydrogen-bond acceptors (Lipinski definition) is 24. The molecular weight excluding hydrogens is 2060 g/mol. The van der Waals surface area contributed by atoms with E-state index in [4.69, 9.17) is 5.11 Å². The third-order valence-electron chi connectivity index (χ3n) is 22.4. The van der Waals surface area contributed by atoms with Gasteiger partial charge in [-0.05, 0) is 120 Å². The van der Waals surface area contributed by atoms with Gasteiger partial charge in [0.05, 0.1) is 94.0 Å². The Morgan fingerprint density at radius 1 is 0.301 bits per heavy atom. The zero-order chi connectivity index (χ0) is 107. The quantitative estimate of drug-likeness (QED) is 0.00563. The van der Waals surface area contributed by atoms with Crippen molar-refractivity contribution in [3.05, 3.63) is 310 Å². The predicted molar refractivity (Wildman–Crippen MR) is 506 cm³/mol. The number of ether oxygens (including phenoxy) is 2. The molecule has 0 bridgehead atoms. The summed E-state index contributed by atoms with van der Waals surface area (Å²) >= 11 is 0. The summed E-state index contributed by atoms with van der Waals surface area (Å²) in [6.45, 7) is 6.70. The van der Waals surface area contributed by atoms with Crippen LogP contribution in [0.2, 0.25) is 0 Å². The van der Waals surface area contributed by atoms with Gasteiger partial charge in [0.25, 0.3) is 47.8 Å². The van der Waals surface area contributed by atoms with Gasteiger partial charge in [0.1, 0.15) is 5.78 Å². The van der Waals surface area contributed by atoms with E-state index in [9.17, 15) is 142 Å². The molecule has 11 aromatic carbocycles. The third-order valence-corrected chi connectivity index (χ3v) is 30.2. The highest BCUT2D eigenvalue weighted by atomic mass is 32.2. The van der Waals surface area contributed by atoms with Gasteiger partial charge in [0.2, 0.25) is 103 Å². The molecule has 0 aliphatic rings. The number of Topliss-reactive ketones (excluding diaryl/α,β-unsaturated/α-hetero) is 1. The fourth-order valence-electron chi connectivity index (χ4n) is 15.7. The lowest BCUT2D eigenvalue weighted by Crippen LogP contribution is -2.40. The largest absolute Gasteiger partial charge is 0.748 e. The zero-order valence-corrected chi connectivity index (χ0v) is 82.6. The maximum Gasteiger partial charge on any atom is 0.311 e. The number of benzene rings is 11. The van der Waals surface area contributed by atoms with Gasteiger partial charge in [-0.2, -0.15) is 31.3 Å². The normalized spacial score (nSPS) is 11.8. The van der Waals surface area contributed by atoms with Crippen LogP contribution in [0.5, 0.6) is 11.5 Å². The molecular formula is C99H88F10N6O25S6. The maximum atomic E-state index is 14.6. The minimum absolute atomic E-state index is 0.0345. The highest BCUT2D eigenvalue weighted by Crippen LogP contribution is 2.37. The van der Waals surface area contributed by atoms with Crippen LogP contribution in [-0.4, -0.2) is 160 Å². The first-order valence-electron chi connectivity index (χ1n) is 44.0. The van der Waals surface area contributed by atoms with Gasteiger partial charge < -0.3 is 33.0 Å². The van der Waals surface area contributed by atoms with Crippen molar-refractivity contribution in [2.75, 3.05) is 36.9 Å². The lowest BCUT2D eigenvalue weighted by Gasteiger charge is -2.24. The number of esters is 2. The predicted octanol–water partition coefficient (Wildman–Crippen LogP) is 14.7. The number of rotatable bonds is 35. The van der Waals surface area contributed by atoms with E-state index in [0.29, 0.717) is 64.5 Å². The number of hydrogen-bond donors (Lipinski definition) is 1. The van der Waals surface area contributed by atoms with E-state index >= 15 is 0 Å². The molecule has 3 heterocycles. The van der Waals surface area contributed by atoms with Crippen molar-refractivity contribution < 1.29 is 170 Å². The number of carbonyl (C=O) groups excluding carboxylic acids is 6. The van der Waals surface area contributed by atoms with Crippen LogP contribution in [0.3, 0.4) is 0 Å². The number of aromatic nitrogens is 3. The molecule has 14 aromatic rings. The molecule has 770 valence electrons. The van der Waals surface area contributed by atoms with Crippen molar-refractivity contribution in [1.82, 2.24) is 12.9 Å². The monoisotopic (exact) mass is 2140 g/mol. The SMILES string of the molecule is CC(=O)CCCN(C(=O)c1c2ccccc2[n+](CCCS(=O)(=O)[O-])c2ccccc12)S(=O)(=O)c1ccc(C)cc1.CC(=O)Oc1c(F)c(F)c(F)c(F)c1F.Cc1ccc(S(=O)(=O)N(CCCC(=O)O)C(=O)c2c3ccccc3[n+](CCCS(=O)(=O)[O-])c3ccccc23)cc1.Cc1ccc(S(=O)(=O)N(CCCC(=O)Oc2c(F)c(F)c(F)c(F)c2F)C(=O)c2c3ccccc3[n+](CCCS(=O)(=O)[O-])c3ccccc23)cc1. The zero-order valence-electron chi connectivity index (χ0n) is 77.7. The van der Waals surface area contributed by atoms with E-state index < -0.39 is 202 Å². The van der Waals surface area contributed by atoms with Gasteiger partial charge in [0, 0.05) is 119 Å². The second-order valence-electron chi connectivity index (χ2n) is 32.9. The van der Waals surface area contributed by atoms with Crippen LogP contribution in [0.1, 0.15) is 119 Å². The molecule has 3 aromatic heterocycles. The van der Waals surface area contributed by atoms with E-state index in [1.54, 1.807) is 193 Å². The van der Waals surface area contributed by atoms with Gasteiger partial charge in [-0.15, -0.1) is 0 Å². The Bertz CT molecular complexity index is 7740. The number of carboxylic acids is 1. The second kappa shape index (κ2) is 47.3. The smallest absolute Gasteiger partial charge is 0.311 e. The number of fused-ring (bicyclic) bond motifs is 6. The molecule has 31 nitrogen and oxygen atoms in total. The number of ketones is 1. The van der Waals surface area contributed by atoms with Crippen LogP contribution in [0.4, 0.5) is 43.9 Å². The van der Waals surface area contributed by atoms with Gasteiger partial charge in [-0.25, -0.2) is 89.8 Å². The Hall–Kier alpha value is -14.2. The Morgan fingerprint density at radius 2 is 0.521 bits per heavy atom. The van der Waals surface area contributed by atoms with Crippen molar-refractivity contribution in [3.8, 4) is 11.5 Å². The highest BCUT2D eigenvalue weighted by Gasteiger charge is 2.40. The summed E-state index contributed by atoms with van der Waals surface area (Å²) in [5, 5.41) is 11.5. The Morgan fingerprint density at radius 3 is 0.747 bits per heavy atom. The topological polar surface area (TPSA) is 454 Å². The number of carbonyl (C=O) groups is 7. The summed E-state index contributed by atoms with van der Waals surface area (Å²) in [6.07, 6.45) is -1.40. The molecule has 0 aliphatic heterocycles. The number of amides is 3. The maximum absolute atomic E-state index is 14.6. The van der Waals surface area contributed by atoms with Crippen molar-refractivity contribution in [1.29, 1.82) is 0 Å². The first-order chi connectivity index (χ1) is 68.7. The molecule has 0 spiro atoms. The molecule has 3 amide bonds. The van der Waals surface area contributed by atoms with Crippen LogP contribution in [0, 0.1) is 78.9 Å². The fourth-order valence-corrected chi connectivity index (χ4v) is 21.4. The van der Waals surface area contributed by atoms with Gasteiger partial charge >= 0.3 is 17.9 Å². The molecule has 0 unspecified atom stereocenters. The molecule has 0 atom stereocenters. The Balaban J connectivity index is 0.000000196. The van der Waals surface area contributed by atoms with Crippen LogP contribution in [-0.2, 0) is 99.2 Å². The standard InChI is InChI=1S/C34H27F5N2O8S2.C29H30N2O7S2.C28H28N2O8S2.C8H3F5O2/c1-20-13-15-21(16-14-20)51(47,48)41(18-6-12-26(42)49-33-31(38)29(36)28(35)30(37)32(33)39)34(43)27-22-8-2-4-10-24(22)40(17-7-19-50(44,45)46)25-11-5-3-9-23(25)27;1-21-14-16-23(17-15-21)40(37,38)31(19-7-9-22(2)32)29(33)28-24-10-3-5-12-26(24)30(18-8-20-39(34,35)36)27-13-6-4-11-25(27)28;1-20-13-15-21(16-14-20)40(37,38)30(18-6-12-26(31)32)28(33)27-22-8-2-4-10-24(22)29(17-7-19-39(34,35)36)25-11-5-3-9-23(25)27;1-2(14)15-8-6(12)4(10)3(9)5(11)7(8)13/h2-5,8-11,13-16H,6-7,12,17-19H2,1H3;3-6,10-17H,7-9,18-20H2,1-2H3;2-5,8-11,13-16H,6-7,12,17-19H2,1H3,(H-,31,32,34,35,36);1H3. The van der Waals surface area contributed by atoms with E-state index in [-0.39, 0.29) is 126 Å². The van der Waals surface area contributed by atoms with Crippen LogP contribution >= 0.6 is 0 Å². The lowest BCUT2D eigenvalue weighted by atomic mass is 10.0. The molecule has 146 heavy (non-hydrogen) atoms. The highest BCUT2D eigenvalue weighted by molar-refractivity contribution is 7.90. The summed E-state index contributed by atoms with van der Waals surface area (Å²) in [7, 11) is -26.7. The van der Waals surface area contributed by atoms with Crippen LogP contribution in [0.25, 0.3) is 65.4 Å². The summed E-state index contributed by atoms with van der Waals surface area (Å²) < 4.78 is 332. The number of pyridine rings is 3. The number of nitrogens with zero attached hydrogens (tertiary/aromatic N) is 6. The van der Waals surface area contributed by atoms with Gasteiger partial charge in [-0.1, -0.05) is 126 Å². The average Bonchev–Trinajstić information content (AvgIpc) is 0.744. The molecule has 0 fully saturated rings. The summed E-state index contributed by atoms with van der Waals surface area (Å²) in [5.74, 6) is -34.5. The first kappa shape index (κ1) is 112. The molecule has 0 saturated heterocycles. The van der Waals surface area contributed by atoms with E-state index in [1.807, 2.05) is 11.5 Å². The molecule has 47 heteroatoms. The van der Waals surface area contributed by atoms with E-state index in [2.05, 4.69) is 9.47 Å². The molecule has 14 rings (SSSR count). The second-order valence-corrected chi connectivity index (χ2v) is 43.0. The number of aryl methyl sites for hydroxylation is 6. The van der Waals surface area contributed by atoms with Crippen molar-refractivity contribution in [3.63, 3.8) is 0 Å². The molecule has 0 saturated carbocycles. The van der Waals surface area contributed by atoms with Crippen LogP contribution in [0.15, 0.2) is 233 Å². The van der Waals surface area contributed by atoms with Crippen LogP contribution < -0.4 is 23.2 Å². The lowest BCUT2D eigenvalue weighted by molar-refractivity contribution is -0.645. The van der Waals surface area contributed by atoms with E-state index in [1.165, 1.54) is 55.5 Å². The number of para-hydroxylation sites is 6. The average molecular weight is 2140 g/mol. The summed E-state index contributed by atoms with van der Waals surface area (Å²) in [6, 6.07) is 58.2. The summed E-state index contributed by atoms with van der Waals surface area (Å²) in [4.78, 5) is 88.4. The number of sulfonamides is 3. The summed E-state index contributed by atoms with van der Waals surface area (Å²) in [5.41, 5.74) is 5.70. The number of carboxylic acid groups (broad SMARTS) is 1. The number of aliphatic carboxylic acids is 1. The first-order valence-corrected chi connectivity index (χ1v) is 53.1. The van der Waals surface area contributed by atoms with Crippen molar-refractivity contribution in [2.45, 2.75) is 127 Å². The third kappa shape index (κ3) is 26.5. The molecule has 1 N–H and O–H groups in total. The molecule has 0 radical (unpaired) electrons. The Kier molecular flexibility index (Phi) is 36.3. The minimum Gasteiger partial charge on any atom is -0.748 e. The van der Waals surface area contributed by atoms with E-state index in [0.717, 1.165) is 26.7 Å². The Labute approximate surface area is 829 Å². The van der Waals surface area contributed by atoms with Crippen molar-refractivity contribution >= 4 is 167 Å². The fraction of sp³-hybridized carbons (Fsp3) is 0.232. The van der Waals surface area contributed by atoms with Gasteiger partial charge in [-0.3, -0.25) is 28.8 Å². The van der Waals surface area contributed by atoms with Gasteiger partial charge in [0.15, 0.2) is 19.6 Å². The number of halogens is 10.